The zero-order chi connectivity index (χ0) is 15.5. The first-order valence-corrected chi connectivity index (χ1v) is 7.67. The summed E-state index contributed by atoms with van der Waals surface area (Å²) < 4.78 is 6.68. The van der Waals surface area contributed by atoms with E-state index in [4.69, 9.17) is 4.74 Å². The molecule has 0 unspecified atom stereocenters. The second kappa shape index (κ2) is 6.11. The molecular formula is C16H14N2O3S. The van der Waals surface area contributed by atoms with Gasteiger partial charge in [0, 0.05) is 17.6 Å². The molecule has 0 saturated carbocycles. The van der Waals surface area contributed by atoms with Crippen molar-refractivity contribution >= 4 is 22.3 Å². The van der Waals surface area contributed by atoms with Crippen LogP contribution in [0.15, 0.2) is 46.7 Å². The molecule has 0 atom stereocenters. The average molecular weight is 314 g/mol. The summed E-state index contributed by atoms with van der Waals surface area (Å²) in [5.41, 5.74) is 2.28. The van der Waals surface area contributed by atoms with Crippen LogP contribution in [0.4, 0.5) is 0 Å². The third-order valence-corrected chi connectivity index (χ3v) is 4.09. The van der Waals surface area contributed by atoms with Gasteiger partial charge >= 0.3 is 5.97 Å². The van der Waals surface area contributed by atoms with Crippen LogP contribution < -0.4 is 5.56 Å². The largest absolute Gasteiger partial charge is 0.459 e. The van der Waals surface area contributed by atoms with Crippen molar-refractivity contribution in [3.05, 3.63) is 69.1 Å². The minimum atomic E-state index is -0.331. The first-order chi connectivity index (χ1) is 10.6. The summed E-state index contributed by atoms with van der Waals surface area (Å²) in [5.74, 6) is -0.331. The Morgan fingerprint density at radius 3 is 3.00 bits per heavy atom. The van der Waals surface area contributed by atoms with E-state index < -0.39 is 0 Å². The number of benzene rings is 1. The van der Waals surface area contributed by atoms with Crippen LogP contribution in [0.1, 0.15) is 16.8 Å². The summed E-state index contributed by atoms with van der Waals surface area (Å²) in [6.45, 7) is 1.96. The molecular weight excluding hydrogens is 300 g/mol. The van der Waals surface area contributed by atoms with E-state index in [0.29, 0.717) is 10.7 Å². The maximum atomic E-state index is 11.9. The third-order valence-electron chi connectivity index (χ3n) is 3.33. The van der Waals surface area contributed by atoms with E-state index in [-0.39, 0.29) is 24.6 Å². The van der Waals surface area contributed by atoms with Crippen LogP contribution >= 0.6 is 11.3 Å². The lowest BCUT2D eigenvalue weighted by atomic mass is 10.1. The lowest BCUT2D eigenvalue weighted by Gasteiger charge is -2.06. The molecule has 0 amide bonds. The van der Waals surface area contributed by atoms with Gasteiger partial charge in [-0.1, -0.05) is 24.3 Å². The van der Waals surface area contributed by atoms with Gasteiger partial charge in [0.25, 0.3) is 5.56 Å². The molecule has 0 fully saturated rings. The lowest BCUT2D eigenvalue weighted by molar-refractivity contribution is -0.144. The molecule has 3 rings (SSSR count). The zero-order valence-electron chi connectivity index (χ0n) is 12.0. The monoisotopic (exact) mass is 314 g/mol. The highest BCUT2D eigenvalue weighted by atomic mass is 32.1. The molecule has 1 aromatic carbocycles. The van der Waals surface area contributed by atoms with E-state index in [9.17, 15) is 9.59 Å². The number of carbonyl (C=O) groups excluding carboxylic acids is 1. The summed E-state index contributed by atoms with van der Waals surface area (Å²) in [6.07, 6.45) is 1.89. The van der Waals surface area contributed by atoms with E-state index in [1.807, 2.05) is 31.2 Å². The SMILES string of the molecule is Cc1ccccc1CC(=O)OCc1cc(=O)n2ccsc2n1. The Kier molecular flexibility index (Phi) is 4.02. The van der Waals surface area contributed by atoms with Gasteiger partial charge in [0.15, 0.2) is 4.96 Å². The van der Waals surface area contributed by atoms with Gasteiger partial charge in [-0.15, -0.1) is 11.3 Å². The number of ether oxygens (including phenoxy) is 1. The number of aromatic nitrogens is 2. The number of hydrogen-bond acceptors (Lipinski definition) is 5. The van der Waals surface area contributed by atoms with Crippen molar-refractivity contribution in [2.45, 2.75) is 20.0 Å². The van der Waals surface area contributed by atoms with Gasteiger partial charge in [-0.25, -0.2) is 4.98 Å². The average Bonchev–Trinajstić information content (AvgIpc) is 2.97. The van der Waals surface area contributed by atoms with Gasteiger partial charge in [0.05, 0.1) is 12.1 Å². The van der Waals surface area contributed by atoms with E-state index in [0.717, 1.165) is 11.1 Å². The maximum absolute atomic E-state index is 11.9. The second-order valence-corrected chi connectivity index (χ2v) is 5.78. The highest BCUT2D eigenvalue weighted by molar-refractivity contribution is 7.15. The number of aryl methyl sites for hydroxylation is 1. The summed E-state index contributed by atoms with van der Waals surface area (Å²) in [5, 5.41) is 1.79. The Hall–Kier alpha value is -2.47. The van der Waals surface area contributed by atoms with Gasteiger partial charge in [0.2, 0.25) is 0 Å². The third kappa shape index (κ3) is 3.07. The van der Waals surface area contributed by atoms with Crippen molar-refractivity contribution in [3.63, 3.8) is 0 Å². The van der Waals surface area contributed by atoms with Gasteiger partial charge in [-0.05, 0) is 18.1 Å². The number of hydrogen-bond donors (Lipinski definition) is 0. The Morgan fingerprint density at radius 2 is 2.18 bits per heavy atom. The van der Waals surface area contributed by atoms with Crippen molar-refractivity contribution in [1.29, 1.82) is 0 Å². The number of nitrogens with zero attached hydrogens (tertiary/aromatic N) is 2. The summed E-state index contributed by atoms with van der Waals surface area (Å²) >= 11 is 1.37. The highest BCUT2D eigenvalue weighted by Gasteiger charge is 2.09. The first-order valence-electron chi connectivity index (χ1n) is 6.79. The molecule has 0 aliphatic heterocycles. The fraction of sp³-hybridized carbons (Fsp3) is 0.188. The van der Waals surface area contributed by atoms with Gasteiger partial charge in [-0.2, -0.15) is 0 Å². The lowest BCUT2D eigenvalue weighted by Crippen LogP contribution is -2.15. The molecule has 0 spiro atoms. The Balaban J connectivity index is 1.67. The van der Waals surface area contributed by atoms with E-state index in [1.165, 1.54) is 21.8 Å². The predicted octanol–water partition coefficient (Wildman–Crippen LogP) is 2.35. The van der Waals surface area contributed by atoms with Gasteiger partial charge in [-0.3, -0.25) is 14.0 Å². The van der Waals surface area contributed by atoms with Crippen LogP contribution in [-0.2, 0) is 22.6 Å². The molecule has 0 radical (unpaired) electrons. The van der Waals surface area contributed by atoms with E-state index >= 15 is 0 Å². The van der Waals surface area contributed by atoms with Crippen molar-refractivity contribution in [3.8, 4) is 0 Å². The zero-order valence-corrected chi connectivity index (χ0v) is 12.8. The molecule has 3 aromatic rings. The Bertz CT molecular complexity index is 882. The number of esters is 1. The number of fused-ring (bicyclic) bond motifs is 1. The molecule has 2 aromatic heterocycles. The molecule has 0 aliphatic carbocycles. The number of rotatable bonds is 4. The number of carbonyl (C=O) groups is 1. The topological polar surface area (TPSA) is 60.7 Å². The van der Waals surface area contributed by atoms with Crippen LogP contribution in [0, 0.1) is 6.92 Å². The first kappa shape index (κ1) is 14.5. The molecule has 0 aliphatic rings. The molecule has 2 heterocycles. The molecule has 0 saturated heterocycles. The minimum absolute atomic E-state index is 0.00829. The van der Waals surface area contributed by atoms with Crippen molar-refractivity contribution in [2.75, 3.05) is 0 Å². The minimum Gasteiger partial charge on any atom is -0.459 e. The van der Waals surface area contributed by atoms with Crippen molar-refractivity contribution in [1.82, 2.24) is 9.38 Å². The summed E-state index contributed by atoms with van der Waals surface area (Å²) in [7, 11) is 0. The second-order valence-electron chi connectivity index (χ2n) is 4.91. The standard InChI is InChI=1S/C16H14N2O3S/c1-11-4-2-3-5-12(11)8-15(20)21-10-13-9-14(19)18-6-7-22-16(18)17-13/h2-7,9H,8,10H2,1H3. The molecule has 5 nitrogen and oxygen atoms in total. The van der Waals surface area contributed by atoms with Gasteiger partial charge in [0.1, 0.15) is 6.61 Å². The predicted molar refractivity (Wildman–Crippen MR) is 84.0 cm³/mol. The van der Waals surface area contributed by atoms with Crippen LogP contribution in [0.3, 0.4) is 0 Å². The van der Waals surface area contributed by atoms with Gasteiger partial charge < -0.3 is 4.74 Å². The van der Waals surface area contributed by atoms with Crippen LogP contribution in [0.2, 0.25) is 0 Å². The molecule has 0 N–H and O–H groups in total. The molecule has 0 bridgehead atoms. The summed E-state index contributed by atoms with van der Waals surface area (Å²) in [4.78, 5) is 28.6. The fourth-order valence-electron chi connectivity index (χ4n) is 2.13. The summed E-state index contributed by atoms with van der Waals surface area (Å²) in [6, 6.07) is 9.07. The smallest absolute Gasteiger partial charge is 0.310 e. The highest BCUT2D eigenvalue weighted by Crippen LogP contribution is 2.10. The Labute approximate surface area is 130 Å². The maximum Gasteiger partial charge on any atom is 0.310 e. The number of thiazole rings is 1. The molecule has 22 heavy (non-hydrogen) atoms. The van der Waals surface area contributed by atoms with Crippen LogP contribution in [0.5, 0.6) is 0 Å². The normalized spacial score (nSPS) is 10.8. The van der Waals surface area contributed by atoms with Crippen LogP contribution in [-0.4, -0.2) is 15.4 Å². The molecule has 6 heteroatoms. The van der Waals surface area contributed by atoms with E-state index in [1.54, 1.807) is 11.6 Å². The van der Waals surface area contributed by atoms with Crippen molar-refractivity contribution in [2.24, 2.45) is 0 Å². The Morgan fingerprint density at radius 1 is 1.36 bits per heavy atom. The van der Waals surface area contributed by atoms with Crippen LogP contribution in [0.25, 0.3) is 4.96 Å². The quantitative estimate of drug-likeness (QED) is 0.694. The van der Waals surface area contributed by atoms with E-state index in [2.05, 4.69) is 4.98 Å². The van der Waals surface area contributed by atoms with Crippen molar-refractivity contribution < 1.29 is 9.53 Å². The fourth-order valence-corrected chi connectivity index (χ4v) is 2.87. The molecule has 112 valence electrons.